The van der Waals surface area contributed by atoms with Crippen molar-refractivity contribution >= 4 is 34.9 Å². The molecule has 2 aromatic carbocycles. The molecule has 2 amide bonds. The van der Waals surface area contributed by atoms with Gasteiger partial charge in [0.2, 0.25) is 11.8 Å². The second-order valence-electron chi connectivity index (χ2n) is 8.33. The van der Waals surface area contributed by atoms with Gasteiger partial charge < -0.3 is 4.74 Å². The number of rotatable bonds is 6. The van der Waals surface area contributed by atoms with Gasteiger partial charge in [-0.1, -0.05) is 24.3 Å². The van der Waals surface area contributed by atoms with E-state index in [0.717, 1.165) is 11.3 Å². The Balaban J connectivity index is 1.32. The number of allylic oxidation sites excluding steroid dienone is 2. The SMILES string of the molecule is O=C(COC(=O)c1ccccc1N1C(=O)[C@H]2[C@H](C1=O)[C@H]1C=C[C@H]2C1)c1ccc([N+](=O)[O-])cc1. The summed E-state index contributed by atoms with van der Waals surface area (Å²) in [6.07, 6.45) is 4.78. The summed E-state index contributed by atoms with van der Waals surface area (Å²) < 4.78 is 5.16. The first-order valence-corrected chi connectivity index (χ1v) is 10.5. The summed E-state index contributed by atoms with van der Waals surface area (Å²) in [6, 6.07) is 11.1. The van der Waals surface area contributed by atoms with Crippen molar-refractivity contribution in [2.24, 2.45) is 23.7 Å². The van der Waals surface area contributed by atoms with Crippen LogP contribution in [0.1, 0.15) is 27.1 Å². The van der Waals surface area contributed by atoms with Crippen LogP contribution in [0.4, 0.5) is 11.4 Å². The maximum atomic E-state index is 13.1. The predicted molar refractivity (Wildman–Crippen MR) is 114 cm³/mol. The van der Waals surface area contributed by atoms with E-state index in [9.17, 15) is 29.3 Å². The molecule has 2 aliphatic carbocycles. The molecule has 1 heterocycles. The van der Waals surface area contributed by atoms with Crippen LogP contribution in [0.25, 0.3) is 0 Å². The van der Waals surface area contributed by atoms with Crippen LogP contribution in [0, 0.1) is 33.8 Å². The highest BCUT2D eigenvalue weighted by Crippen LogP contribution is 2.53. The Hall–Kier alpha value is -4.14. The summed E-state index contributed by atoms with van der Waals surface area (Å²) in [6.45, 7) is -0.591. The lowest BCUT2D eigenvalue weighted by atomic mass is 9.85. The number of hydrogen-bond acceptors (Lipinski definition) is 7. The van der Waals surface area contributed by atoms with Gasteiger partial charge in [-0.05, 0) is 42.5 Å². The van der Waals surface area contributed by atoms with Crippen molar-refractivity contribution in [2.45, 2.75) is 6.42 Å². The first kappa shape index (κ1) is 20.7. The Bertz CT molecular complexity index is 1200. The maximum Gasteiger partial charge on any atom is 0.340 e. The van der Waals surface area contributed by atoms with Gasteiger partial charge in [0.25, 0.3) is 5.69 Å². The molecule has 2 aromatic rings. The number of nitro benzene ring substituents is 1. The molecule has 2 bridgehead atoms. The largest absolute Gasteiger partial charge is 0.454 e. The van der Waals surface area contributed by atoms with Gasteiger partial charge in [0, 0.05) is 17.7 Å². The number of esters is 1. The number of hydrogen-bond donors (Lipinski definition) is 0. The van der Waals surface area contributed by atoms with Crippen molar-refractivity contribution in [1.82, 2.24) is 0 Å². The minimum absolute atomic E-state index is 0.0102. The van der Waals surface area contributed by atoms with Gasteiger partial charge in [-0.15, -0.1) is 0 Å². The molecule has 1 saturated carbocycles. The van der Waals surface area contributed by atoms with Crippen molar-refractivity contribution in [3.63, 3.8) is 0 Å². The predicted octanol–water partition coefficient (Wildman–Crippen LogP) is 2.95. The van der Waals surface area contributed by atoms with Crippen LogP contribution in [-0.2, 0) is 14.3 Å². The van der Waals surface area contributed by atoms with E-state index in [1.54, 1.807) is 12.1 Å². The Kier molecular flexibility index (Phi) is 4.88. The molecule has 1 saturated heterocycles. The fraction of sp³-hybridized carbons (Fsp3) is 0.250. The Morgan fingerprint density at radius 1 is 0.970 bits per heavy atom. The lowest BCUT2D eigenvalue weighted by molar-refractivity contribution is -0.384. The molecule has 9 nitrogen and oxygen atoms in total. The highest BCUT2D eigenvalue weighted by molar-refractivity contribution is 6.24. The van der Waals surface area contributed by atoms with Crippen LogP contribution in [0.5, 0.6) is 0 Å². The van der Waals surface area contributed by atoms with Gasteiger partial charge in [0.05, 0.1) is 28.0 Å². The van der Waals surface area contributed by atoms with E-state index in [1.165, 1.54) is 36.4 Å². The van der Waals surface area contributed by atoms with Crippen molar-refractivity contribution in [3.8, 4) is 0 Å². The van der Waals surface area contributed by atoms with Gasteiger partial charge in [0.1, 0.15) is 0 Å². The molecule has 0 spiro atoms. The van der Waals surface area contributed by atoms with Gasteiger partial charge in [-0.25, -0.2) is 9.69 Å². The number of carbonyl (C=O) groups is 4. The van der Waals surface area contributed by atoms with E-state index in [0.29, 0.717) is 0 Å². The van der Waals surface area contributed by atoms with Gasteiger partial charge in [0.15, 0.2) is 12.4 Å². The Morgan fingerprint density at radius 2 is 1.58 bits per heavy atom. The molecule has 0 unspecified atom stereocenters. The molecular formula is C24H18N2O7. The summed E-state index contributed by atoms with van der Waals surface area (Å²) >= 11 is 0. The number of anilines is 1. The van der Waals surface area contributed by atoms with Crippen LogP contribution in [0.15, 0.2) is 60.7 Å². The number of nitrogens with zero attached hydrogens (tertiary/aromatic N) is 2. The second-order valence-corrected chi connectivity index (χ2v) is 8.33. The third kappa shape index (κ3) is 3.32. The molecule has 0 N–H and O–H groups in total. The van der Waals surface area contributed by atoms with Crippen molar-refractivity contribution in [1.29, 1.82) is 0 Å². The fourth-order valence-electron chi connectivity index (χ4n) is 5.04. The number of amides is 2. The average molecular weight is 446 g/mol. The fourth-order valence-corrected chi connectivity index (χ4v) is 5.04. The zero-order valence-corrected chi connectivity index (χ0v) is 17.2. The Labute approximate surface area is 187 Å². The topological polar surface area (TPSA) is 124 Å². The molecule has 33 heavy (non-hydrogen) atoms. The van der Waals surface area contributed by atoms with Crippen molar-refractivity contribution in [3.05, 3.63) is 81.9 Å². The zero-order valence-electron chi connectivity index (χ0n) is 17.2. The quantitative estimate of drug-likeness (QED) is 0.167. The summed E-state index contributed by atoms with van der Waals surface area (Å²) in [5.74, 6) is -2.74. The number of ether oxygens (including phenoxy) is 1. The molecule has 0 radical (unpaired) electrons. The summed E-state index contributed by atoms with van der Waals surface area (Å²) in [5, 5.41) is 10.7. The number of nitro groups is 1. The third-order valence-electron chi connectivity index (χ3n) is 6.57. The molecule has 166 valence electrons. The molecule has 5 rings (SSSR count). The Morgan fingerprint density at radius 3 is 2.18 bits per heavy atom. The van der Waals surface area contributed by atoms with Crippen LogP contribution >= 0.6 is 0 Å². The highest BCUT2D eigenvalue weighted by atomic mass is 16.6. The second kappa shape index (κ2) is 7.77. The number of carbonyl (C=O) groups excluding carboxylic acids is 4. The number of benzene rings is 2. The molecule has 9 heteroatoms. The zero-order chi connectivity index (χ0) is 23.3. The van der Waals surface area contributed by atoms with Gasteiger partial charge >= 0.3 is 5.97 Å². The first-order chi connectivity index (χ1) is 15.9. The summed E-state index contributed by atoms with van der Waals surface area (Å²) in [4.78, 5) is 62.6. The van der Waals surface area contributed by atoms with Gasteiger partial charge in [-0.2, -0.15) is 0 Å². The van der Waals surface area contributed by atoms with E-state index in [-0.39, 0.29) is 46.2 Å². The number of ketones is 1. The van der Waals surface area contributed by atoms with Crippen LogP contribution in [0.2, 0.25) is 0 Å². The van der Waals surface area contributed by atoms with E-state index in [1.807, 2.05) is 12.2 Å². The molecule has 0 aromatic heterocycles. The normalized spacial score (nSPS) is 24.8. The van der Waals surface area contributed by atoms with E-state index >= 15 is 0 Å². The number of imide groups is 1. The lowest BCUT2D eigenvalue weighted by Gasteiger charge is -2.19. The highest BCUT2D eigenvalue weighted by Gasteiger charge is 2.59. The molecular weight excluding hydrogens is 428 g/mol. The number of non-ortho nitro benzene ring substituents is 1. The standard InChI is InChI=1S/C24H18N2O7/c27-19(13-7-9-16(10-8-13)26(31)32)12-33-24(30)17-3-1-2-4-18(17)25-22(28)20-14-5-6-15(11-14)21(20)23(25)29/h1-10,14-15,20-21H,11-12H2/t14-,15-,20+,21+/m0/s1. The average Bonchev–Trinajstić information content (AvgIpc) is 3.51. The van der Waals surface area contributed by atoms with Crippen molar-refractivity contribution < 1.29 is 28.8 Å². The van der Waals surface area contributed by atoms with E-state index in [4.69, 9.17) is 4.74 Å². The number of fused-ring (bicyclic) bond motifs is 5. The minimum atomic E-state index is -0.848. The number of para-hydroxylation sites is 1. The molecule has 2 fully saturated rings. The van der Waals surface area contributed by atoms with Crippen LogP contribution < -0.4 is 4.90 Å². The van der Waals surface area contributed by atoms with Gasteiger partial charge in [-0.3, -0.25) is 24.5 Å². The number of Topliss-reactive ketones (excluding diaryl/α,β-unsaturated/α-hetero) is 1. The summed E-state index contributed by atoms with van der Waals surface area (Å²) in [7, 11) is 0. The molecule has 3 aliphatic rings. The smallest absolute Gasteiger partial charge is 0.340 e. The van der Waals surface area contributed by atoms with E-state index in [2.05, 4.69) is 0 Å². The van der Waals surface area contributed by atoms with Crippen LogP contribution in [0.3, 0.4) is 0 Å². The maximum absolute atomic E-state index is 13.1. The summed E-state index contributed by atoms with van der Waals surface area (Å²) in [5.41, 5.74) is 0.151. The molecule has 4 atom stereocenters. The molecule has 1 aliphatic heterocycles. The van der Waals surface area contributed by atoms with E-state index < -0.39 is 35.1 Å². The van der Waals surface area contributed by atoms with Crippen molar-refractivity contribution in [2.75, 3.05) is 11.5 Å². The third-order valence-corrected chi connectivity index (χ3v) is 6.57. The lowest BCUT2D eigenvalue weighted by Crippen LogP contribution is -2.34. The van der Waals surface area contributed by atoms with Crippen LogP contribution in [-0.4, -0.2) is 35.1 Å². The minimum Gasteiger partial charge on any atom is -0.454 e. The first-order valence-electron chi connectivity index (χ1n) is 10.5. The monoisotopic (exact) mass is 446 g/mol.